The quantitative estimate of drug-likeness (QED) is 0.417. The average Bonchev–Trinajstić information content (AvgIpc) is 2.66. The first-order valence-electron chi connectivity index (χ1n) is 7.28. The second kappa shape index (κ2) is 9.41. The molecule has 1 aromatic heterocycles. The van der Waals surface area contributed by atoms with Crippen LogP contribution in [0.25, 0.3) is 0 Å². The van der Waals surface area contributed by atoms with Crippen molar-refractivity contribution < 1.29 is 4.79 Å². The summed E-state index contributed by atoms with van der Waals surface area (Å²) in [6, 6.07) is 0. The summed E-state index contributed by atoms with van der Waals surface area (Å²) in [5.41, 5.74) is 0.810. The number of hydrogen-bond donors (Lipinski definition) is 2. The summed E-state index contributed by atoms with van der Waals surface area (Å²) < 4.78 is 0. The highest BCUT2D eigenvalue weighted by atomic mass is 127. The molecule has 23 heavy (non-hydrogen) atoms. The van der Waals surface area contributed by atoms with E-state index in [-0.39, 0.29) is 42.0 Å². The zero-order valence-electron chi connectivity index (χ0n) is 15.0. The van der Waals surface area contributed by atoms with E-state index in [1.54, 1.807) is 18.4 Å². The second-order valence-corrected chi connectivity index (χ2v) is 7.58. The molecular formula is C15H28IN5OS. The normalized spacial score (nSPS) is 11.7. The van der Waals surface area contributed by atoms with Crippen molar-refractivity contribution in [1.82, 2.24) is 20.5 Å². The number of hydrogen-bond acceptors (Lipinski definition) is 4. The number of aliphatic imine (C=N–C) groups is 1. The molecule has 8 heteroatoms. The Bertz CT molecular complexity index is 551. The Balaban J connectivity index is 0.00000484. The maximum atomic E-state index is 12.0. The Kier molecular flexibility index (Phi) is 9.04. The SMILES string of the molecule is CN=C(NCc1sc(C)nc1C)N(C)CC(=O)NC(C)(C)C.I. The van der Waals surface area contributed by atoms with Gasteiger partial charge in [-0.3, -0.25) is 9.79 Å². The topological polar surface area (TPSA) is 69.6 Å². The van der Waals surface area contributed by atoms with E-state index in [0.29, 0.717) is 12.5 Å². The van der Waals surface area contributed by atoms with Gasteiger partial charge in [-0.25, -0.2) is 4.98 Å². The number of nitrogens with zero attached hydrogens (tertiary/aromatic N) is 3. The number of rotatable bonds is 4. The molecule has 1 aromatic rings. The van der Waals surface area contributed by atoms with Crippen LogP contribution in [0.4, 0.5) is 0 Å². The molecule has 132 valence electrons. The Morgan fingerprint density at radius 3 is 2.39 bits per heavy atom. The Morgan fingerprint density at radius 1 is 1.35 bits per heavy atom. The fourth-order valence-electron chi connectivity index (χ4n) is 2.03. The van der Waals surface area contributed by atoms with Crippen molar-refractivity contribution in [3.63, 3.8) is 0 Å². The third-order valence-corrected chi connectivity index (χ3v) is 3.95. The van der Waals surface area contributed by atoms with Crippen molar-refractivity contribution in [1.29, 1.82) is 0 Å². The Hall–Kier alpha value is -0.900. The fourth-order valence-corrected chi connectivity index (χ4v) is 2.91. The predicted octanol–water partition coefficient (Wildman–Crippen LogP) is 2.30. The number of guanidine groups is 1. The summed E-state index contributed by atoms with van der Waals surface area (Å²) in [5, 5.41) is 7.28. The zero-order valence-corrected chi connectivity index (χ0v) is 18.1. The molecular weight excluding hydrogens is 425 g/mol. The standard InChI is InChI=1S/C15H27N5OS.HI/c1-10-12(22-11(2)18-10)8-17-14(16-6)20(7)9-13(21)19-15(3,4)5;/h8-9H2,1-7H3,(H,16,17)(H,19,21);1H. The first-order chi connectivity index (χ1) is 10.1. The molecule has 0 aliphatic heterocycles. The first-order valence-corrected chi connectivity index (χ1v) is 8.09. The molecule has 2 N–H and O–H groups in total. The van der Waals surface area contributed by atoms with Gasteiger partial charge in [-0.2, -0.15) is 0 Å². The van der Waals surface area contributed by atoms with Crippen molar-refractivity contribution in [3.8, 4) is 0 Å². The van der Waals surface area contributed by atoms with Gasteiger partial charge >= 0.3 is 0 Å². The summed E-state index contributed by atoms with van der Waals surface area (Å²) in [5.74, 6) is 0.664. The van der Waals surface area contributed by atoms with Crippen LogP contribution in [0.15, 0.2) is 4.99 Å². The molecule has 0 bridgehead atoms. The molecule has 0 unspecified atom stereocenters. The number of carbonyl (C=O) groups excluding carboxylic acids is 1. The van der Waals surface area contributed by atoms with Crippen LogP contribution in [0, 0.1) is 13.8 Å². The monoisotopic (exact) mass is 453 g/mol. The third-order valence-electron chi connectivity index (χ3n) is 2.88. The second-order valence-electron chi connectivity index (χ2n) is 6.30. The number of likely N-dealkylation sites (N-methyl/N-ethyl adjacent to an activating group) is 1. The lowest BCUT2D eigenvalue weighted by Gasteiger charge is -2.25. The Labute approximate surface area is 160 Å². The highest BCUT2D eigenvalue weighted by Gasteiger charge is 2.17. The molecule has 0 aromatic carbocycles. The van der Waals surface area contributed by atoms with Gasteiger partial charge in [0, 0.05) is 24.5 Å². The third kappa shape index (κ3) is 7.96. The number of carbonyl (C=O) groups is 1. The summed E-state index contributed by atoms with van der Waals surface area (Å²) in [6.07, 6.45) is 0. The van der Waals surface area contributed by atoms with Crippen molar-refractivity contribution in [2.24, 2.45) is 4.99 Å². The van der Waals surface area contributed by atoms with Crippen LogP contribution in [0.1, 0.15) is 36.3 Å². The molecule has 0 spiro atoms. The minimum absolute atomic E-state index is 0. The van der Waals surface area contributed by atoms with Gasteiger partial charge in [-0.1, -0.05) is 0 Å². The summed E-state index contributed by atoms with van der Waals surface area (Å²) in [4.78, 5) is 23.6. The summed E-state index contributed by atoms with van der Waals surface area (Å²) in [6.45, 7) is 10.8. The van der Waals surface area contributed by atoms with E-state index in [2.05, 4.69) is 20.6 Å². The molecule has 1 heterocycles. The first kappa shape index (κ1) is 22.1. The lowest BCUT2D eigenvalue weighted by Crippen LogP contribution is -2.48. The van der Waals surface area contributed by atoms with E-state index in [4.69, 9.17) is 0 Å². The molecule has 0 aliphatic rings. The number of thiazole rings is 1. The van der Waals surface area contributed by atoms with Gasteiger partial charge in [0.25, 0.3) is 0 Å². The van der Waals surface area contributed by atoms with Crippen molar-refractivity contribution in [2.45, 2.75) is 46.7 Å². The molecule has 0 fully saturated rings. The zero-order chi connectivity index (χ0) is 16.9. The smallest absolute Gasteiger partial charge is 0.240 e. The van der Waals surface area contributed by atoms with E-state index < -0.39 is 0 Å². The van der Waals surface area contributed by atoms with Crippen LogP contribution < -0.4 is 10.6 Å². The molecule has 0 radical (unpaired) electrons. The van der Waals surface area contributed by atoms with Crippen LogP contribution in [0.2, 0.25) is 0 Å². The maximum absolute atomic E-state index is 12.0. The Morgan fingerprint density at radius 2 is 1.96 bits per heavy atom. The van der Waals surface area contributed by atoms with Gasteiger partial charge < -0.3 is 15.5 Å². The van der Waals surface area contributed by atoms with Gasteiger partial charge in [0.05, 0.1) is 23.8 Å². The van der Waals surface area contributed by atoms with Gasteiger partial charge in [0.1, 0.15) is 0 Å². The van der Waals surface area contributed by atoms with Crippen molar-refractivity contribution >= 4 is 47.2 Å². The molecule has 0 aliphatic carbocycles. The highest BCUT2D eigenvalue weighted by Crippen LogP contribution is 2.16. The van der Waals surface area contributed by atoms with E-state index in [0.717, 1.165) is 10.7 Å². The van der Waals surface area contributed by atoms with Crippen molar-refractivity contribution in [2.75, 3.05) is 20.6 Å². The summed E-state index contributed by atoms with van der Waals surface area (Å²) >= 11 is 1.67. The van der Waals surface area contributed by atoms with Crippen LogP contribution >= 0.6 is 35.3 Å². The van der Waals surface area contributed by atoms with Gasteiger partial charge in [0.2, 0.25) is 5.91 Å². The fraction of sp³-hybridized carbons (Fsp3) is 0.667. The molecule has 0 saturated carbocycles. The number of halogens is 1. The molecule has 0 atom stereocenters. The molecule has 1 rings (SSSR count). The van der Waals surface area contributed by atoms with E-state index in [9.17, 15) is 4.79 Å². The largest absolute Gasteiger partial charge is 0.351 e. The maximum Gasteiger partial charge on any atom is 0.240 e. The van der Waals surface area contributed by atoms with Crippen molar-refractivity contribution in [3.05, 3.63) is 15.6 Å². The minimum atomic E-state index is -0.230. The van der Waals surface area contributed by atoms with Crippen LogP contribution in [-0.2, 0) is 11.3 Å². The van der Waals surface area contributed by atoms with E-state index in [1.807, 2.05) is 46.6 Å². The van der Waals surface area contributed by atoms with E-state index >= 15 is 0 Å². The number of aromatic nitrogens is 1. The summed E-state index contributed by atoms with van der Waals surface area (Å²) in [7, 11) is 3.56. The average molecular weight is 453 g/mol. The molecule has 6 nitrogen and oxygen atoms in total. The van der Waals surface area contributed by atoms with Crippen LogP contribution in [0.3, 0.4) is 0 Å². The van der Waals surface area contributed by atoms with Gasteiger partial charge in [0.15, 0.2) is 5.96 Å². The highest BCUT2D eigenvalue weighted by molar-refractivity contribution is 14.0. The van der Waals surface area contributed by atoms with Gasteiger partial charge in [-0.15, -0.1) is 35.3 Å². The number of amides is 1. The predicted molar refractivity (Wildman–Crippen MR) is 108 cm³/mol. The lowest BCUT2D eigenvalue weighted by molar-refractivity contribution is -0.122. The lowest BCUT2D eigenvalue weighted by atomic mass is 10.1. The number of nitrogens with one attached hydrogen (secondary N) is 2. The van der Waals surface area contributed by atoms with Crippen LogP contribution in [-0.4, -0.2) is 47.9 Å². The van der Waals surface area contributed by atoms with E-state index in [1.165, 1.54) is 4.88 Å². The molecule has 1 amide bonds. The van der Waals surface area contributed by atoms with Crippen LogP contribution in [0.5, 0.6) is 0 Å². The number of aryl methyl sites for hydroxylation is 2. The minimum Gasteiger partial charge on any atom is -0.351 e. The molecule has 0 saturated heterocycles. The van der Waals surface area contributed by atoms with Gasteiger partial charge in [-0.05, 0) is 34.6 Å².